The van der Waals surface area contributed by atoms with Crippen molar-refractivity contribution < 1.29 is 18.3 Å². The highest BCUT2D eigenvalue weighted by molar-refractivity contribution is 5.72. The third kappa shape index (κ3) is 2.49. The second-order valence-electron chi connectivity index (χ2n) is 4.49. The molecule has 0 unspecified atom stereocenters. The maximum atomic E-state index is 12.9. The van der Waals surface area contributed by atoms with Crippen LogP contribution in [0.1, 0.15) is 31.0 Å². The molecule has 0 aliphatic heterocycles. The number of nitrogens with zero attached hydrogens (tertiary/aromatic N) is 1. The molecule has 0 saturated heterocycles. The Bertz CT molecular complexity index is 427. The van der Waals surface area contributed by atoms with Crippen LogP contribution in [-0.4, -0.2) is 24.0 Å². The van der Waals surface area contributed by atoms with Gasteiger partial charge in [-0.3, -0.25) is 9.78 Å². The van der Waals surface area contributed by atoms with Crippen molar-refractivity contribution >= 4 is 5.97 Å². The lowest BCUT2D eigenvalue weighted by Crippen LogP contribution is -2.19. The van der Waals surface area contributed by atoms with Crippen molar-refractivity contribution in [1.82, 2.24) is 4.98 Å². The number of rotatable bonds is 5. The average Bonchev–Trinajstić information content (AvgIpc) is 3.11. The SMILES string of the molecule is CCOC(=O)Cc1ccc(C2(C(F)F)CC2)nc1. The van der Waals surface area contributed by atoms with Crippen molar-refractivity contribution in [3.05, 3.63) is 29.6 Å². The first-order chi connectivity index (χ1) is 8.58. The number of ether oxygens (including phenoxy) is 1. The number of carbonyl (C=O) groups excluding carboxylic acids is 1. The summed E-state index contributed by atoms with van der Waals surface area (Å²) in [6, 6.07) is 3.26. The van der Waals surface area contributed by atoms with Crippen molar-refractivity contribution in [2.45, 2.75) is 38.0 Å². The quantitative estimate of drug-likeness (QED) is 0.759. The smallest absolute Gasteiger partial charge is 0.310 e. The van der Waals surface area contributed by atoms with Gasteiger partial charge in [0.1, 0.15) is 0 Å². The minimum absolute atomic E-state index is 0.128. The molecule has 1 aromatic heterocycles. The summed E-state index contributed by atoms with van der Waals surface area (Å²) in [5, 5.41) is 0. The molecule has 0 amide bonds. The number of hydrogen-bond donors (Lipinski definition) is 0. The molecule has 98 valence electrons. The summed E-state index contributed by atoms with van der Waals surface area (Å²) in [5.74, 6) is -0.331. The van der Waals surface area contributed by atoms with Gasteiger partial charge in [0.05, 0.1) is 24.1 Å². The molecule has 1 aromatic rings. The van der Waals surface area contributed by atoms with Gasteiger partial charge < -0.3 is 4.74 Å². The van der Waals surface area contributed by atoms with E-state index in [0.29, 0.717) is 30.7 Å². The van der Waals surface area contributed by atoms with Crippen LogP contribution in [0.15, 0.2) is 18.3 Å². The lowest BCUT2D eigenvalue weighted by atomic mass is 10.0. The highest BCUT2D eigenvalue weighted by Gasteiger charge is 2.53. The van der Waals surface area contributed by atoms with Gasteiger partial charge in [0.25, 0.3) is 0 Å². The van der Waals surface area contributed by atoms with Crippen LogP contribution in [0.2, 0.25) is 0 Å². The molecule has 1 aliphatic rings. The molecular weight excluding hydrogens is 240 g/mol. The first-order valence-electron chi connectivity index (χ1n) is 5.97. The van der Waals surface area contributed by atoms with E-state index in [1.54, 1.807) is 19.1 Å². The zero-order chi connectivity index (χ0) is 13.2. The summed E-state index contributed by atoms with van der Waals surface area (Å²) in [4.78, 5) is 15.3. The topological polar surface area (TPSA) is 39.2 Å². The Morgan fingerprint density at radius 3 is 2.67 bits per heavy atom. The van der Waals surface area contributed by atoms with Crippen LogP contribution in [0.5, 0.6) is 0 Å². The van der Waals surface area contributed by atoms with Crippen molar-refractivity contribution in [3.8, 4) is 0 Å². The summed E-state index contributed by atoms with van der Waals surface area (Å²) >= 11 is 0. The highest BCUT2D eigenvalue weighted by atomic mass is 19.3. The number of pyridine rings is 1. The van der Waals surface area contributed by atoms with E-state index in [1.165, 1.54) is 6.20 Å². The Morgan fingerprint density at radius 1 is 1.50 bits per heavy atom. The molecule has 1 aliphatic carbocycles. The number of aromatic nitrogens is 1. The van der Waals surface area contributed by atoms with Crippen molar-refractivity contribution in [1.29, 1.82) is 0 Å². The van der Waals surface area contributed by atoms with Crippen LogP contribution in [0.3, 0.4) is 0 Å². The van der Waals surface area contributed by atoms with E-state index in [-0.39, 0.29) is 12.4 Å². The molecule has 0 bridgehead atoms. The Morgan fingerprint density at radius 2 is 2.22 bits per heavy atom. The van der Waals surface area contributed by atoms with Crippen LogP contribution in [-0.2, 0) is 21.4 Å². The minimum atomic E-state index is -2.37. The highest BCUT2D eigenvalue weighted by Crippen LogP contribution is 2.51. The second-order valence-corrected chi connectivity index (χ2v) is 4.49. The fourth-order valence-corrected chi connectivity index (χ4v) is 1.92. The average molecular weight is 255 g/mol. The Hall–Kier alpha value is -1.52. The van der Waals surface area contributed by atoms with E-state index in [4.69, 9.17) is 4.74 Å². The Balaban J connectivity index is 2.04. The maximum absolute atomic E-state index is 12.9. The molecule has 1 heterocycles. The van der Waals surface area contributed by atoms with E-state index in [0.717, 1.165) is 0 Å². The van der Waals surface area contributed by atoms with Gasteiger partial charge >= 0.3 is 5.97 Å². The molecule has 1 fully saturated rings. The van der Waals surface area contributed by atoms with E-state index in [2.05, 4.69) is 4.98 Å². The van der Waals surface area contributed by atoms with Crippen LogP contribution in [0.4, 0.5) is 8.78 Å². The monoisotopic (exact) mass is 255 g/mol. The van der Waals surface area contributed by atoms with Crippen molar-refractivity contribution in [3.63, 3.8) is 0 Å². The molecule has 0 N–H and O–H groups in total. The number of esters is 1. The first-order valence-corrected chi connectivity index (χ1v) is 5.97. The van der Waals surface area contributed by atoms with E-state index >= 15 is 0 Å². The maximum Gasteiger partial charge on any atom is 0.310 e. The number of alkyl halides is 2. The summed E-state index contributed by atoms with van der Waals surface area (Å²) in [7, 11) is 0. The predicted octanol–water partition coefficient (Wildman–Crippen LogP) is 2.48. The number of halogens is 2. The molecule has 5 heteroatoms. The number of hydrogen-bond acceptors (Lipinski definition) is 3. The standard InChI is InChI=1S/C13H15F2NO2/c1-2-18-11(17)7-9-3-4-10(16-8-9)13(5-6-13)12(14)15/h3-4,8,12H,2,5-7H2,1H3. The van der Waals surface area contributed by atoms with Gasteiger partial charge in [0.15, 0.2) is 0 Å². The van der Waals surface area contributed by atoms with Crippen molar-refractivity contribution in [2.75, 3.05) is 6.61 Å². The minimum Gasteiger partial charge on any atom is -0.466 e. The Labute approximate surface area is 104 Å². The first kappa shape index (κ1) is 12.9. The molecular formula is C13H15F2NO2. The van der Waals surface area contributed by atoms with Gasteiger partial charge in [-0.25, -0.2) is 8.78 Å². The van der Waals surface area contributed by atoms with Gasteiger partial charge in [-0.05, 0) is 31.4 Å². The van der Waals surface area contributed by atoms with Crippen LogP contribution >= 0.6 is 0 Å². The molecule has 0 atom stereocenters. The molecule has 3 nitrogen and oxygen atoms in total. The van der Waals surface area contributed by atoms with Gasteiger partial charge in [-0.15, -0.1) is 0 Å². The summed E-state index contributed by atoms with van der Waals surface area (Å²) in [6.07, 6.45) is 0.197. The molecule has 0 radical (unpaired) electrons. The van der Waals surface area contributed by atoms with Crippen molar-refractivity contribution in [2.24, 2.45) is 0 Å². The molecule has 1 saturated carbocycles. The van der Waals surface area contributed by atoms with Crippen LogP contribution in [0.25, 0.3) is 0 Å². The molecule has 0 spiro atoms. The summed E-state index contributed by atoms with van der Waals surface area (Å²) < 4.78 is 30.5. The zero-order valence-corrected chi connectivity index (χ0v) is 10.2. The van der Waals surface area contributed by atoms with Gasteiger partial charge in [0, 0.05) is 6.20 Å². The molecule has 2 rings (SSSR count). The third-order valence-corrected chi connectivity index (χ3v) is 3.20. The van der Waals surface area contributed by atoms with E-state index in [1.807, 2.05) is 0 Å². The fraction of sp³-hybridized carbons (Fsp3) is 0.538. The number of carbonyl (C=O) groups is 1. The third-order valence-electron chi connectivity index (χ3n) is 3.20. The molecule has 18 heavy (non-hydrogen) atoms. The van der Waals surface area contributed by atoms with Gasteiger partial charge in [0.2, 0.25) is 6.43 Å². The van der Waals surface area contributed by atoms with Crippen LogP contribution < -0.4 is 0 Å². The lowest BCUT2D eigenvalue weighted by Gasteiger charge is -2.13. The second kappa shape index (κ2) is 5.00. The van der Waals surface area contributed by atoms with E-state index < -0.39 is 11.8 Å². The normalized spacial score (nSPS) is 16.7. The largest absolute Gasteiger partial charge is 0.466 e. The summed E-state index contributed by atoms with van der Waals surface area (Å²) in [6.45, 7) is 2.07. The van der Waals surface area contributed by atoms with Gasteiger partial charge in [-0.2, -0.15) is 0 Å². The van der Waals surface area contributed by atoms with E-state index in [9.17, 15) is 13.6 Å². The zero-order valence-electron chi connectivity index (χ0n) is 10.2. The molecule has 0 aromatic carbocycles. The fourth-order valence-electron chi connectivity index (χ4n) is 1.92. The van der Waals surface area contributed by atoms with Crippen LogP contribution in [0, 0.1) is 0 Å². The summed E-state index contributed by atoms with van der Waals surface area (Å²) in [5.41, 5.74) is 0.0648. The van der Waals surface area contributed by atoms with Gasteiger partial charge in [-0.1, -0.05) is 6.07 Å². The lowest BCUT2D eigenvalue weighted by molar-refractivity contribution is -0.142. The Kier molecular flexibility index (Phi) is 3.59. The predicted molar refractivity (Wildman–Crippen MR) is 61.5 cm³/mol.